The van der Waals surface area contributed by atoms with Crippen LogP contribution in [-0.4, -0.2) is 126 Å². The summed E-state index contributed by atoms with van der Waals surface area (Å²) in [5, 5.41) is 0. The fourth-order valence-corrected chi connectivity index (χ4v) is 12.8. The summed E-state index contributed by atoms with van der Waals surface area (Å²) in [5.74, 6) is 0. The first-order valence-corrected chi connectivity index (χ1v) is 42.3. The van der Waals surface area contributed by atoms with Crippen molar-refractivity contribution in [2.24, 2.45) is 0 Å². The number of hydrogen-bond donors (Lipinski definition) is 0. The molecule has 1 fully saturated rings. The van der Waals surface area contributed by atoms with Crippen LogP contribution >= 0.6 is 0 Å². The minimum absolute atomic E-state index is 0.340. The molecule has 0 aromatic rings. The van der Waals surface area contributed by atoms with Gasteiger partial charge in [0.25, 0.3) is 0 Å². The third-order valence-corrected chi connectivity index (χ3v) is 13.7. The van der Waals surface area contributed by atoms with E-state index in [9.17, 15) is 4.79 Å². The number of ether oxygens (including phenoxy) is 2. The maximum Gasteiger partial charge on any atom is 0.186 e. The van der Waals surface area contributed by atoms with Crippen LogP contribution in [0.5, 0.6) is 0 Å². The van der Waals surface area contributed by atoms with Crippen LogP contribution in [-0.2, 0) is 45.3 Å². The number of aldehydes is 1. The van der Waals surface area contributed by atoms with E-state index < -0.39 is 101 Å². The molecular weight excluding hydrogens is 753 g/mol. The molecule has 1 aliphatic rings. The van der Waals surface area contributed by atoms with E-state index in [1.165, 1.54) is 0 Å². The van der Waals surface area contributed by atoms with E-state index >= 15 is 0 Å². The number of rotatable bonds is 21. The van der Waals surface area contributed by atoms with Gasteiger partial charge in [0.15, 0.2) is 70.8 Å². The number of hydrogen-bond acceptors (Lipinski definition) is 10. The predicted molar refractivity (Wildman–Crippen MR) is 224 cm³/mol. The summed E-state index contributed by atoms with van der Waals surface area (Å²) in [6, 6.07) is 0. The van der Waals surface area contributed by atoms with Crippen LogP contribution in [0.25, 0.3) is 0 Å². The van der Waals surface area contributed by atoms with Gasteiger partial charge in [-0.25, -0.2) is 0 Å². The lowest BCUT2D eigenvalue weighted by Gasteiger charge is -2.51. The molecule has 0 radical (unpaired) electrons. The highest BCUT2D eigenvalue weighted by Crippen LogP contribution is 2.36. The molecule has 0 bridgehead atoms. The maximum absolute atomic E-state index is 13.4. The van der Waals surface area contributed by atoms with Crippen molar-refractivity contribution in [1.29, 1.82) is 0 Å². The minimum atomic E-state index is -2.30. The Morgan fingerprint density at radius 2 is 0.920 bits per heavy atom. The first-order chi connectivity index (χ1) is 22.0. The van der Waals surface area contributed by atoms with Gasteiger partial charge in [-0.2, -0.15) is 0 Å². The zero-order valence-electron chi connectivity index (χ0n) is 36.1. The standard InChI is InChI=1S/C33H78O10Si7/c1-25-28(39-46(8,9)10)31(42-49(17,18)19)32(43-50(20,21)22)33(36-25)37-26(23-34)29(40-47(11,12)13)30(41-48(14,15)16)27(38-45(5,6)7)24-35-44(2,3)4/h23,25-33H,24H2,1-22H3/t25-,26-,27+,28-,29+,30+,31+,32+,33-/m0/s1. The van der Waals surface area contributed by atoms with Crippen LogP contribution in [0, 0.1) is 0 Å². The number of carbonyl (C=O) groups is 1. The second kappa shape index (κ2) is 18.2. The second-order valence-electron chi connectivity index (χ2n) is 20.6. The van der Waals surface area contributed by atoms with Crippen molar-refractivity contribution in [1.82, 2.24) is 0 Å². The van der Waals surface area contributed by atoms with Crippen molar-refractivity contribution in [2.45, 2.75) is 200 Å². The fourth-order valence-electron chi connectivity index (χ4n) is 5.55. The van der Waals surface area contributed by atoms with E-state index in [4.69, 9.17) is 40.5 Å². The molecule has 0 saturated carbocycles. The molecule has 0 aliphatic carbocycles. The van der Waals surface area contributed by atoms with Crippen LogP contribution in [0.2, 0.25) is 137 Å². The van der Waals surface area contributed by atoms with Gasteiger partial charge in [-0.15, -0.1) is 0 Å². The van der Waals surface area contributed by atoms with Crippen LogP contribution in [0.4, 0.5) is 0 Å². The highest BCUT2D eigenvalue weighted by atomic mass is 28.4. The van der Waals surface area contributed by atoms with Crippen molar-refractivity contribution in [3.05, 3.63) is 0 Å². The summed E-state index contributed by atoms with van der Waals surface area (Å²) in [6.07, 6.45) is -4.78. The van der Waals surface area contributed by atoms with Gasteiger partial charge < -0.3 is 45.3 Å². The molecule has 10 nitrogen and oxygen atoms in total. The van der Waals surface area contributed by atoms with Crippen molar-refractivity contribution in [3.8, 4) is 0 Å². The van der Waals surface area contributed by atoms with Crippen molar-refractivity contribution >= 4 is 64.5 Å². The van der Waals surface area contributed by atoms with Gasteiger partial charge in [0.2, 0.25) is 0 Å². The summed E-state index contributed by atoms with van der Waals surface area (Å²) >= 11 is 0. The SMILES string of the molecule is C[C@@H]1O[C@@H](O[C@@H](C=O)[C@@H](O[Si](C)(C)C)[C@H](O[Si](C)(C)C)[C@@H](CO[Si](C)(C)C)O[Si](C)(C)C)[C@H](O[Si](C)(C)C)[C@H](O[Si](C)(C)C)[C@H]1O[Si](C)(C)C. The van der Waals surface area contributed by atoms with Gasteiger partial charge >= 0.3 is 0 Å². The normalized spacial score (nSPS) is 26.0. The molecule has 1 rings (SSSR count). The highest BCUT2D eigenvalue weighted by Gasteiger charge is 2.53. The molecule has 0 N–H and O–H groups in total. The Kier molecular flexibility index (Phi) is 17.8. The molecule has 50 heavy (non-hydrogen) atoms. The molecule has 298 valence electrons. The molecule has 1 saturated heterocycles. The largest absolute Gasteiger partial charge is 0.415 e. The van der Waals surface area contributed by atoms with Gasteiger partial charge in [0, 0.05) is 0 Å². The highest BCUT2D eigenvalue weighted by molar-refractivity contribution is 6.72. The Labute approximate surface area is 314 Å². The van der Waals surface area contributed by atoms with E-state index in [1.807, 2.05) is 6.92 Å². The van der Waals surface area contributed by atoms with Gasteiger partial charge in [-0.05, 0) is 144 Å². The zero-order chi connectivity index (χ0) is 39.5. The summed E-state index contributed by atoms with van der Waals surface area (Å²) in [6.45, 7) is 47.6. The van der Waals surface area contributed by atoms with Crippen LogP contribution in [0.3, 0.4) is 0 Å². The average molecular weight is 832 g/mol. The topological polar surface area (TPSA) is 100 Å². The average Bonchev–Trinajstić information content (AvgIpc) is 2.82. The summed E-state index contributed by atoms with van der Waals surface area (Å²) in [4.78, 5) is 13.4. The van der Waals surface area contributed by atoms with Crippen molar-refractivity contribution in [2.75, 3.05) is 6.61 Å². The monoisotopic (exact) mass is 830 g/mol. The van der Waals surface area contributed by atoms with Crippen LogP contribution in [0.15, 0.2) is 0 Å². The van der Waals surface area contributed by atoms with E-state index in [1.54, 1.807) is 0 Å². The lowest BCUT2D eigenvalue weighted by Crippen LogP contribution is -2.66. The third kappa shape index (κ3) is 19.9. The quantitative estimate of drug-likeness (QED) is 0.0828. The first-order valence-electron chi connectivity index (χ1n) is 18.5. The van der Waals surface area contributed by atoms with Gasteiger partial charge in [-0.3, -0.25) is 0 Å². The van der Waals surface area contributed by atoms with E-state index in [2.05, 4.69) is 137 Å². The van der Waals surface area contributed by atoms with E-state index in [0.29, 0.717) is 6.61 Å². The summed E-state index contributed by atoms with van der Waals surface area (Å²) in [5.41, 5.74) is 0. The molecule has 1 heterocycles. The smallest absolute Gasteiger partial charge is 0.186 e. The van der Waals surface area contributed by atoms with Gasteiger partial charge in [-0.1, -0.05) is 0 Å². The Morgan fingerprint density at radius 1 is 0.520 bits per heavy atom. The molecule has 0 aromatic heterocycles. The Balaban J connectivity index is 3.92. The maximum atomic E-state index is 13.4. The summed E-state index contributed by atoms with van der Waals surface area (Å²) in [7, 11) is -14.9. The van der Waals surface area contributed by atoms with Crippen LogP contribution < -0.4 is 0 Å². The molecule has 0 unspecified atom stereocenters. The lowest BCUT2D eigenvalue weighted by atomic mass is 9.99. The van der Waals surface area contributed by atoms with Gasteiger partial charge in [0.05, 0.1) is 24.9 Å². The molecule has 0 amide bonds. The minimum Gasteiger partial charge on any atom is -0.415 e. The Morgan fingerprint density at radius 3 is 1.30 bits per heavy atom. The molecule has 1 aliphatic heterocycles. The molecule has 0 spiro atoms. The van der Waals surface area contributed by atoms with Crippen molar-refractivity contribution in [3.63, 3.8) is 0 Å². The first kappa shape index (κ1) is 48.8. The fraction of sp³-hybridized carbons (Fsp3) is 0.970. The molecule has 17 heteroatoms. The molecule has 9 atom stereocenters. The van der Waals surface area contributed by atoms with E-state index in [0.717, 1.165) is 6.29 Å². The number of carbonyl (C=O) groups excluding carboxylic acids is 1. The lowest BCUT2D eigenvalue weighted by molar-refractivity contribution is -0.298. The molecular formula is C33H78O10Si7. The third-order valence-electron chi connectivity index (χ3n) is 6.80. The predicted octanol–water partition coefficient (Wildman–Crippen LogP) is 8.49. The Bertz CT molecular complexity index is 1040. The van der Waals surface area contributed by atoms with E-state index in [-0.39, 0.29) is 12.2 Å². The van der Waals surface area contributed by atoms with Crippen molar-refractivity contribution < 1.29 is 45.3 Å². The Hall–Kier alpha value is 0.828. The zero-order valence-corrected chi connectivity index (χ0v) is 43.1. The van der Waals surface area contributed by atoms with Crippen LogP contribution in [0.1, 0.15) is 6.92 Å². The van der Waals surface area contributed by atoms with Gasteiger partial charge in [0.1, 0.15) is 30.5 Å². The second-order valence-corrected chi connectivity index (χ2v) is 51.9. The molecule has 0 aromatic carbocycles. The summed E-state index contributed by atoms with van der Waals surface area (Å²) < 4.78 is 61.6.